The molecule has 1 saturated heterocycles. The highest BCUT2D eigenvalue weighted by molar-refractivity contribution is 5.80. The van der Waals surface area contributed by atoms with E-state index in [-0.39, 0.29) is 5.91 Å². The van der Waals surface area contributed by atoms with Crippen molar-refractivity contribution in [2.24, 2.45) is 10.8 Å². The predicted octanol–water partition coefficient (Wildman–Crippen LogP) is 2.09. The highest BCUT2D eigenvalue weighted by Gasteiger charge is 2.51. The van der Waals surface area contributed by atoms with E-state index in [1.165, 1.54) is 19.3 Å². The summed E-state index contributed by atoms with van der Waals surface area (Å²) in [6, 6.07) is 0.391. The molecule has 2 nitrogen and oxygen atoms in total. The van der Waals surface area contributed by atoms with Crippen molar-refractivity contribution in [3.8, 4) is 0 Å². The van der Waals surface area contributed by atoms with Gasteiger partial charge in [0.05, 0.1) is 0 Å². The van der Waals surface area contributed by atoms with Crippen LogP contribution in [-0.4, -0.2) is 11.9 Å². The quantitative estimate of drug-likeness (QED) is 0.609. The van der Waals surface area contributed by atoms with Crippen molar-refractivity contribution in [3.63, 3.8) is 0 Å². The highest BCUT2D eigenvalue weighted by atomic mass is 16.2. The van der Waals surface area contributed by atoms with Crippen molar-refractivity contribution in [1.29, 1.82) is 0 Å². The Bertz CT molecular complexity index is 246. The number of amides is 1. The molecule has 2 rings (SSSR count). The summed E-state index contributed by atoms with van der Waals surface area (Å²) >= 11 is 0. The standard InChI is InChI=1S/C11H19NO/c1-8-11(6-9(13)12-8)5-4-10(2,3)7-11/h8H,4-7H2,1-3H3,(H,12,13). The zero-order chi connectivity index (χ0) is 9.69. The molecule has 0 aromatic heterocycles. The predicted molar refractivity (Wildman–Crippen MR) is 52.3 cm³/mol. The van der Waals surface area contributed by atoms with Crippen molar-refractivity contribution >= 4 is 5.91 Å². The van der Waals surface area contributed by atoms with Crippen molar-refractivity contribution in [2.75, 3.05) is 0 Å². The van der Waals surface area contributed by atoms with E-state index in [1.54, 1.807) is 0 Å². The number of nitrogens with one attached hydrogen (secondary N) is 1. The van der Waals surface area contributed by atoms with E-state index >= 15 is 0 Å². The zero-order valence-electron chi connectivity index (χ0n) is 8.81. The van der Waals surface area contributed by atoms with Crippen LogP contribution in [0.15, 0.2) is 0 Å². The number of rotatable bonds is 0. The largest absolute Gasteiger partial charge is 0.353 e. The lowest BCUT2D eigenvalue weighted by molar-refractivity contribution is -0.119. The van der Waals surface area contributed by atoms with E-state index in [1.807, 2.05) is 0 Å². The molecule has 1 spiro atoms. The maximum atomic E-state index is 11.3. The van der Waals surface area contributed by atoms with E-state index in [9.17, 15) is 4.79 Å². The molecule has 74 valence electrons. The minimum Gasteiger partial charge on any atom is -0.353 e. The fourth-order valence-electron chi connectivity index (χ4n) is 3.16. The van der Waals surface area contributed by atoms with Gasteiger partial charge in [0.1, 0.15) is 0 Å². The second-order valence-corrected chi connectivity index (χ2v) is 5.67. The van der Waals surface area contributed by atoms with E-state index in [2.05, 4.69) is 26.1 Å². The van der Waals surface area contributed by atoms with Crippen molar-refractivity contribution < 1.29 is 4.79 Å². The first kappa shape index (κ1) is 9.04. The minimum absolute atomic E-state index is 0.255. The summed E-state index contributed by atoms with van der Waals surface area (Å²) in [7, 11) is 0. The van der Waals surface area contributed by atoms with Crippen LogP contribution >= 0.6 is 0 Å². The molecule has 2 fully saturated rings. The van der Waals surface area contributed by atoms with Gasteiger partial charge in [-0.1, -0.05) is 13.8 Å². The fraction of sp³-hybridized carbons (Fsp3) is 0.909. The van der Waals surface area contributed by atoms with E-state index in [4.69, 9.17) is 0 Å². The Labute approximate surface area is 80.1 Å². The molecule has 0 radical (unpaired) electrons. The van der Waals surface area contributed by atoms with Gasteiger partial charge < -0.3 is 5.32 Å². The Kier molecular flexibility index (Phi) is 1.73. The Hall–Kier alpha value is -0.530. The number of hydrogen-bond acceptors (Lipinski definition) is 1. The second-order valence-electron chi connectivity index (χ2n) is 5.67. The van der Waals surface area contributed by atoms with Gasteiger partial charge in [-0.25, -0.2) is 0 Å². The summed E-state index contributed by atoms with van der Waals surface area (Å²) in [6.45, 7) is 6.79. The summed E-state index contributed by atoms with van der Waals surface area (Å²) in [5.74, 6) is 0.255. The third kappa shape index (κ3) is 1.36. The first-order chi connectivity index (χ1) is 5.94. The van der Waals surface area contributed by atoms with Gasteiger partial charge in [-0.2, -0.15) is 0 Å². The lowest BCUT2D eigenvalue weighted by Gasteiger charge is -2.28. The first-order valence-corrected chi connectivity index (χ1v) is 5.23. The number of carbonyl (C=O) groups excluding carboxylic acids is 1. The van der Waals surface area contributed by atoms with Gasteiger partial charge in [0.2, 0.25) is 5.91 Å². The molecule has 13 heavy (non-hydrogen) atoms. The lowest BCUT2D eigenvalue weighted by Crippen LogP contribution is -2.33. The van der Waals surface area contributed by atoms with E-state index in [0.29, 0.717) is 16.9 Å². The molecule has 0 aromatic rings. The smallest absolute Gasteiger partial charge is 0.220 e. The lowest BCUT2D eigenvalue weighted by atomic mass is 9.76. The molecule has 1 saturated carbocycles. The summed E-state index contributed by atoms with van der Waals surface area (Å²) in [5, 5.41) is 3.05. The minimum atomic E-state index is 0.255. The fourth-order valence-corrected chi connectivity index (χ4v) is 3.16. The van der Waals surface area contributed by atoms with E-state index in [0.717, 1.165) is 6.42 Å². The first-order valence-electron chi connectivity index (χ1n) is 5.23. The van der Waals surface area contributed by atoms with Gasteiger partial charge in [0, 0.05) is 12.5 Å². The topological polar surface area (TPSA) is 29.1 Å². The van der Waals surface area contributed by atoms with Crippen LogP contribution in [0.1, 0.15) is 46.5 Å². The maximum Gasteiger partial charge on any atom is 0.220 e. The summed E-state index contributed by atoms with van der Waals surface area (Å²) in [5.41, 5.74) is 0.737. The van der Waals surface area contributed by atoms with Crippen LogP contribution in [0, 0.1) is 10.8 Å². The average molecular weight is 181 g/mol. The molecule has 1 aliphatic carbocycles. The van der Waals surface area contributed by atoms with Crippen LogP contribution in [0.3, 0.4) is 0 Å². The van der Waals surface area contributed by atoms with Gasteiger partial charge >= 0.3 is 0 Å². The summed E-state index contributed by atoms with van der Waals surface area (Å²) in [4.78, 5) is 11.3. The molecule has 2 heteroatoms. The third-order valence-corrected chi connectivity index (χ3v) is 3.94. The maximum absolute atomic E-state index is 11.3. The molecule has 0 aromatic carbocycles. The van der Waals surface area contributed by atoms with Crippen molar-refractivity contribution in [2.45, 2.75) is 52.5 Å². The Morgan fingerprint density at radius 1 is 1.38 bits per heavy atom. The van der Waals surface area contributed by atoms with Gasteiger partial charge in [0.15, 0.2) is 0 Å². The van der Waals surface area contributed by atoms with Crippen LogP contribution in [-0.2, 0) is 4.79 Å². The number of hydrogen-bond donors (Lipinski definition) is 1. The second kappa shape index (κ2) is 2.49. The van der Waals surface area contributed by atoms with Crippen LogP contribution in [0.4, 0.5) is 0 Å². The third-order valence-electron chi connectivity index (χ3n) is 3.94. The molecular weight excluding hydrogens is 162 g/mol. The van der Waals surface area contributed by atoms with Gasteiger partial charge in [-0.15, -0.1) is 0 Å². The van der Waals surface area contributed by atoms with Gasteiger partial charge in [-0.05, 0) is 37.0 Å². The number of carbonyl (C=O) groups is 1. The molecule has 2 atom stereocenters. The van der Waals surface area contributed by atoms with E-state index < -0.39 is 0 Å². The molecule has 1 amide bonds. The van der Waals surface area contributed by atoms with Crippen LogP contribution < -0.4 is 5.32 Å². The Balaban J connectivity index is 2.19. The molecule has 1 aliphatic heterocycles. The van der Waals surface area contributed by atoms with Gasteiger partial charge in [0.25, 0.3) is 0 Å². The molecule has 2 unspecified atom stereocenters. The molecule has 0 bridgehead atoms. The Morgan fingerprint density at radius 2 is 2.08 bits per heavy atom. The average Bonchev–Trinajstić information content (AvgIpc) is 2.38. The summed E-state index contributed by atoms with van der Waals surface area (Å²) in [6.07, 6.45) is 4.46. The molecule has 2 aliphatic rings. The molecule has 1 heterocycles. The normalized spacial score (nSPS) is 42.7. The monoisotopic (exact) mass is 181 g/mol. The molecular formula is C11H19NO. The molecule has 1 N–H and O–H groups in total. The zero-order valence-corrected chi connectivity index (χ0v) is 8.81. The Morgan fingerprint density at radius 3 is 2.46 bits per heavy atom. The SMILES string of the molecule is CC1NC(=O)CC12CCC(C)(C)C2. The summed E-state index contributed by atoms with van der Waals surface area (Å²) < 4.78 is 0. The highest BCUT2D eigenvalue weighted by Crippen LogP contribution is 2.54. The van der Waals surface area contributed by atoms with Crippen molar-refractivity contribution in [3.05, 3.63) is 0 Å². The van der Waals surface area contributed by atoms with Crippen LogP contribution in [0.5, 0.6) is 0 Å². The van der Waals surface area contributed by atoms with Crippen LogP contribution in [0.25, 0.3) is 0 Å². The van der Waals surface area contributed by atoms with Gasteiger partial charge in [-0.3, -0.25) is 4.79 Å². The van der Waals surface area contributed by atoms with Crippen molar-refractivity contribution in [1.82, 2.24) is 5.32 Å². The van der Waals surface area contributed by atoms with Crippen LogP contribution in [0.2, 0.25) is 0 Å².